The van der Waals surface area contributed by atoms with Crippen LogP contribution in [0.3, 0.4) is 0 Å². The Labute approximate surface area is 125 Å². The van der Waals surface area contributed by atoms with Crippen LogP contribution in [0, 0.1) is 0 Å². The predicted molar refractivity (Wildman–Crippen MR) is 76.5 cm³/mol. The van der Waals surface area contributed by atoms with Gasteiger partial charge in [-0.1, -0.05) is 13.0 Å². The van der Waals surface area contributed by atoms with Gasteiger partial charge in [-0.2, -0.15) is 13.2 Å². The second-order valence-electron chi connectivity index (χ2n) is 4.79. The molecule has 7 heteroatoms. The fourth-order valence-electron chi connectivity index (χ4n) is 1.61. The summed E-state index contributed by atoms with van der Waals surface area (Å²) in [5, 5.41) is 12.0. The highest BCUT2D eigenvalue weighted by atomic mass is 32.2. The average molecular weight is 321 g/mol. The van der Waals surface area contributed by atoms with Crippen molar-refractivity contribution in [1.82, 2.24) is 5.32 Å². The third-order valence-corrected chi connectivity index (χ3v) is 4.22. The monoisotopic (exact) mass is 321 g/mol. The Morgan fingerprint density at radius 1 is 1.38 bits per heavy atom. The number of nitrogens with one attached hydrogen (secondary N) is 1. The Kier molecular flexibility index (Phi) is 6.10. The second kappa shape index (κ2) is 7.17. The molecule has 0 aliphatic heterocycles. The van der Waals surface area contributed by atoms with E-state index in [1.165, 1.54) is 17.8 Å². The Hall–Kier alpha value is -1.21. The molecule has 0 spiro atoms. The van der Waals surface area contributed by atoms with Crippen LogP contribution in [-0.4, -0.2) is 28.9 Å². The van der Waals surface area contributed by atoms with E-state index in [4.69, 9.17) is 5.11 Å². The van der Waals surface area contributed by atoms with Crippen molar-refractivity contribution in [3.05, 3.63) is 29.8 Å². The smallest absolute Gasteiger partial charge is 0.416 e. The number of rotatable bonds is 7. The molecule has 0 aliphatic carbocycles. The number of benzene rings is 1. The van der Waals surface area contributed by atoms with Crippen LogP contribution in [0.15, 0.2) is 29.2 Å². The van der Waals surface area contributed by atoms with Gasteiger partial charge in [-0.15, -0.1) is 11.8 Å². The summed E-state index contributed by atoms with van der Waals surface area (Å²) in [5.41, 5.74) is -1.68. The minimum atomic E-state index is -4.35. The van der Waals surface area contributed by atoms with Crippen molar-refractivity contribution in [2.75, 3.05) is 12.3 Å². The summed E-state index contributed by atoms with van der Waals surface area (Å²) in [7, 11) is 0. The van der Waals surface area contributed by atoms with Crippen LogP contribution in [-0.2, 0) is 11.0 Å². The van der Waals surface area contributed by atoms with Gasteiger partial charge in [-0.3, -0.25) is 4.79 Å². The van der Waals surface area contributed by atoms with E-state index in [2.05, 4.69) is 5.32 Å². The zero-order valence-electron chi connectivity index (χ0n) is 11.8. The van der Waals surface area contributed by atoms with Crippen molar-refractivity contribution < 1.29 is 23.1 Å². The van der Waals surface area contributed by atoms with E-state index in [0.29, 0.717) is 23.6 Å². The number of thioether (sulfide) groups is 1. The maximum Gasteiger partial charge on any atom is 0.416 e. The standard InChI is InChI=1S/C14H18F3NO2S/c1-3-13(2,12(19)20)18-7-8-21-11-6-4-5-10(9-11)14(15,16)17/h4-6,9,18H,3,7-8H2,1-2H3,(H,19,20). The number of carboxylic acid groups (broad SMARTS) is 1. The predicted octanol–water partition coefficient (Wildman–Crippen LogP) is 3.64. The van der Waals surface area contributed by atoms with Crippen LogP contribution in [0.5, 0.6) is 0 Å². The first-order valence-corrected chi connectivity index (χ1v) is 7.46. The van der Waals surface area contributed by atoms with Crippen molar-refractivity contribution >= 4 is 17.7 Å². The Morgan fingerprint density at radius 3 is 2.57 bits per heavy atom. The highest BCUT2D eigenvalue weighted by Gasteiger charge is 2.31. The molecule has 1 aromatic rings. The van der Waals surface area contributed by atoms with Gasteiger partial charge in [-0.25, -0.2) is 0 Å². The molecule has 118 valence electrons. The fraction of sp³-hybridized carbons (Fsp3) is 0.500. The molecule has 0 aromatic heterocycles. The third-order valence-electron chi connectivity index (χ3n) is 3.23. The first-order chi connectivity index (χ1) is 9.69. The van der Waals surface area contributed by atoms with Crippen molar-refractivity contribution in [2.24, 2.45) is 0 Å². The van der Waals surface area contributed by atoms with E-state index < -0.39 is 23.2 Å². The summed E-state index contributed by atoms with van der Waals surface area (Å²) >= 11 is 1.26. The lowest BCUT2D eigenvalue weighted by Crippen LogP contribution is -2.49. The molecule has 0 saturated heterocycles. The lowest BCUT2D eigenvalue weighted by molar-refractivity contribution is -0.144. The summed E-state index contributed by atoms with van der Waals surface area (Å²) in [6.45, 7) is 3.75. The molecule has 0 aliphatic rings. The Balaban J connectivity index is 2.52. The van der Waals surface area contributed by atoms with E-state index in [9.17, 15) is 18.0 Å². The highest BCUT2D eigenvalue weighted by Crippen LogP contribution is 2.31. The molecule has 2 N–H and O–H groups in total. The van der Waals surface area contributed by atoms with Crippen LogP contribution in [0.25, 0.3) is 0 Å². The summed E-state index contributed by atoms with van der Waals surface area (Å²) in [4.78, 5) is 11.6. The van der Waals surface area contributed by atoms with Gasteiger partial charge in [0.25, 0.3) is 0 Å². The first-order valence-electron chi connectivity index (χ1n) is 6.47. The molecule has 1 aromatic carbocycles. The summed E-state index contributed by atoms with van der Waals surface area (Å²) < 4.78 is 37.7. The SMILES string of the molecule is CCC(C)(NCCSc1cccc(C(F)(F)F)c1)C(=O)O. The fourth-order valence-corrected chi connectivity index (χ4v) is 2.43. The molecule has 21 heavy (non-hydrogen) atoms. The topological polar surface area (TPSA) is 49.3 Å². The number of hydrogen-bond acceptors (Lipinski definition) is 3. The van der Waals surface area contributed by atoms with Crippen molar-refractivity contribution in [3.8, 4) is 0 Å². The van der Waals surface area contributed by atoms with Crippen LogP contribution in [0.1, 0.15) is 25.8 Å². The Bertz CT molecular complexity index is 493. The minimum Gasteiger partial charge on any atom is -0.480 e. The van der Waals surface area contributed by atoms with Gasteiger partial charge < -0.3 is 10.4 Å². The van der Waals surface area contributed by atoms with E-state index in [1.807, 2.05) is 0 Å². The molecular weight excluding hydrogens is 303 g/mol. The molecular formula is C14H18F3NO2S. The van der Waals surface area contributed by atoms with Crippen LogP contribution >= 0.6 is 11.8 Å². The normalized spacial score (nSPS) is 14.7. The maximum absolute atomic E-state index is 12.6. The molecule has 0 radical (unpaired) electrons. The molecule has 0 saturated carbocycles. The van der Waals surface area contributed by atoms with E-state index in [-0.39, 0.29) is 0 Å². The molecule has 1 rings (SSSR count). The number of carboxylic acids is 1. The quantitative estimate of drug-likeness (QED) is 0.595. The molecule has 0 fully saturated rings. The van der Waals surface area contributed by atoms with E-state index in [1.54, 1.807) is 19.9 Å². The van der Waals surface area contributed by atoms with Gasteiger partial charge in [0, 0.05) is 17.2 Å². The van der Waals surface area contributed by atoms with Crippen LogP contribution < -0.4 is 5.32 Å². The van der Waals surface area contributed by atoms with Crippen molar-refractivity contribution in [3.63, 3.8) is 0 Å². The zero-order valence-corrected chi connectivity index (χ0v) is 12.6. The lowest BCUT2D eigenvalue weighted by atomic mass is 9.99. The van der Waals surface area contributed by atoms with Crippen molar-refractivity contribution in [2.45, 2.75) is 36.9 Å². The number of alkyl halides is 3. The molecule has 3 nitrogen and oxygen atoms in total. The Morgan fingerprint density at radius 2 is 2.05 bits per heavy atom. The zero-order chi connectivity index (χ0) is 16.1. The number of halogens is 3. The highest BCUT2D eigenvalue weighted by molar-refractivity contribution is 7.99. The number of hydrogen-bond donors (Lipinski definition) is 2. The summed E-state index contributed by atoms with van der Waals surface area (Å²) in [6, 6.07) is 5.10. The molecule has 0 bridgehead atoms. The molecule has 1 atom stereocenters. The second-order valence-corrected chi connectivity index (χ2v) is 5.96. The molecule has 1 unspecified atom stereocenters. The van der Waals surface area contributed by atoms with Crippen molar-refractivity contribution in [1.29, 1.82) is 0 Å². The molecule has 0 heterocycles. The van der Waals surface area contributed by atoms with Crippen LogP contribution in [0.2, 0.25) is 0 Å². The van der Waals surface area contributed by atoms with E-state index in [0.717, 1.165) is 12.1 Å². The van der Waals surface area contributed by atoms with Gasteiger partial charge >= 0.3 is 12.1 Å². The van der Waals surface area contributed by atoms with Gasteiger partial charge in [0.05, 0.1) is 5.56 Å². The van der Waals surface area contributed by atoms with Gasteiger partial charge in [-0.05, 0) is 31.5 Å². The summed E-state index contributed by atoms with van der Waals surface area (Å²) in [6.07, 6.45) is -3.92. The maximum atomic E-state index is 12.6. The largest absolute Gasteiger partial charge is 0.480 e. The van der Waals surface area contributed by atoms with Gasteiger partial charge in [0.1, 0.15) is 5.54 Å². The van der Waals surface area contributed by atoms with Gasteiger partial charge in [0.2, 0.25) is 0 Å². The average Bonchev–Trinajstić information content (AvgIpc) is 2.42. The lowest BCUT2D eigenvalue weighted by Gasteiger charge is -2.24. The van der Waals surface area contributed by atoms with E-state index >= 15 is 0 Å². The summed E-state index contributed by atoms with van der Waals surface area (Å²) in [5.74, 6) is -0.446. The van der Waals surface area contributed by atoms with Gasteiger partial charge in [0.15, 0.2) is 0 Å². The minimum absolute atomic E-state index is 0.400. The molecule has 0 amide bonds. The third kappa shape index (κ3) is 5.24. The van der Waals surface area contributed by atoms with Crippen LogP contribution in [0.4, 0.5) is 13.2 Å². The number of carbonyl (C=O) groups is 1. The number of aliphatic carboxylic acids is 1. The first kappa shape index (κ1) is 17.8.